The minimum atomic E-state index is -0.333. The van der Waals surface area contributed by atoms with Gasteiger partial charge >= 0.3 is 5.97 Å². The molecule has 0 amide bonds. The number of nitrogens with zero attached hydrogens (tertiary/aromatic N) is 3. The van der Waals surface area contributed by atoms with Crippen LogP contribution in [-0.2, 0) is 9.53 Å². The second-order valence-corrected chi connectivity index (χ2v) is 6.76. The van der Waals surface area contributed by atoms with Crippen molar-refractivity contribution in [3.63, 3.8) is 0 Å². The van der Waals surface area contributed by atoms with Crippen LogP contribution in [0, 0.1) is 0 Å². The van der Waals surface area contributed by atoms with Crippen LogP contribution in [0.1, 0.15) is 6.92 Å². The van der Waals surface area contributed by atoms with Gasteiger partial charge in [0.1, 0.15) is 5.75 Å². The number of hydrogen-bond acceptors (Lipinski definition) is 6. The number of esters is 1. The molecule has 0 aliphatic rings. The summed E-state index contributed by atoms with van der Waals surface area (Å²) in [5, 5.41) is 9.70. The first kappa shape index (κ1) is 19.3. The lowest BCUT2D eigenvalue weighted by Crippen LogP contribution is -2.05. The Kier molecular flexibility index (Phi) is 6.36. The highest BCUT2D eigenvalue weighted by Crippen LogP contribution is 2.32. The Morgan fingerprint density at radius 2 is 1.89 bits per heavy atom. The van der Waals surface area contributed by atoms with E-state index in [2.05, 4.69) is 10.2 Å². The molecular weight excluding hydrogens is 386 g/mol. The van der Waals surface area contributed by atoms with Crippen molar-refractivity contribution in [2.75, 3.05) is 19.5 Å². The first-order chi connectivity index (χ1) is 13.1. The molecule has 0 unspecified atom stereocenters. The minimum Gasteiger partial charge on any atom is -0.494 e. The molecule has 0 spiro atoms. The van der Waals surface area contributed by atoms with Gasteiger partial charge in [-0.15, -0.1) is 10.2 Å². The van der Waals surface area contributed by atoms with Gasteiger partial charge in [-0.25, -0.2) is 0 Å². The number of carbonyl (C=O) groups is 1. The van der Waals surface area contributed by atoms with E-state index in [0.717, 1.165) is 17.0 Å². The molecule has 0 fully saturated rings. The molecule has 0 bridgehead atoms. The summed E-state index contributed by atoms with van der Waals surface area (Å²) in [5.74, 6) is 1.17. The van der Waals surface area contributed by atoms with Crippen molar-refractivity contribution in [2.24, 2.45) is 0 Å². The number of benzene rings is 2. The highest BCUT2D eigenvalue weighted by molar-refractivity contribution is 7.99. The van der Waals surface area contributed by atoms with Crippen LogP contribution >= 0.6 is 23.4 Å². The molecule has 1 aromatic heterocycles. The number of hydrogen-bond donors (Lipinski definition) is 0. The van der Waals surface area contributed by atoms with E-state index in [0.29, 0.717) is 22.6 Å². The van der Waals surface area contributed by atoms with Crippen molar-refractivity contribution in [1.29, 1.82) is 0 Å². The molecule has 140 valence electrons. The van der Waals surface area contributed by atoms with E-state index >= 15 is 0 Å². The minimum absolute atomic E-state index is 0.133. The Labute approximate surface area is 166 Å². The quantitative estimate of drug-likeness (QED) is 0.434. The molecular formula is C19H18ClN3O3S. The fourth-order valence-corrected chi connectivity index (χ4v) is 3.46. The van der Waals surface area contributed by atoms with Crippen LogP contribution in [0.3, 0.4) is 0 Å². The van der Waals surface area contributed by atoms with Gasteiger partial charge in [0.25, 0.3) is 0 Å². The zero-order chi connectivity index (χ0) is 19.2. The van der Waals surface area contributed by atoms with Crippen molar-refractivity contribution < 1.29 is 14.3 Å². The van der Waals surface area contributed by atoms with Crippen molar-refractivity contribution >= 4 is 29.3 Å². The molecule has 0 aliphatic heterocycles. The summed E-state index contributed by atoms with van der Waals surface area (Å²) in [4.78, 5) is 11.5. The third-order valence-corrected chi connectivity index (χ3v) is 4.93. The second kappa shape index (κ2) is 8.92. The summed E-state index contributed by atoms with van der Waals surface area (Å²) in [6.07, 6.45) is 0. The van der Waals surface area contributed by atoms with Crippen LogP contribution in [0.15, 0.2) is 53.7 Å². The Balaban J connectivity index is 2.05. The maximum Gasteiger partial charge on any atom is 0.316 e. The van der Waals surface area contributed by atoms with Gasteiger partial charge in [-0.3, -0.25) is 9.36 Å². The molecule has 3 aromatic rings. The van der Waals surface area contributed by atoms with Crippen molar-refractivity contribution in [3.05, 3.63) is 53.6 Å². The van der Waals surface area contributed by atoms with E-state index in [1.165, 1.54) is 18.9 Å². The lowest BCUT2D eigenvalue weighted by molar-refractivity contribution is -0.137. The molecule has 0 saturated carbocycles. The molecule has 0 atom stereocenters. The number of ether oxygens (including phenoxy) is 2. The monoisotopic (exact) mass is 403 g/mol. The summed E-state index contributed by atoms with van der Waals surface area (Å²) in [7, 11) is 1.36. The fourth-order valence-electron chi connectivity index (χ4n) is 2.45. The maximum atomic E-state index is 11.5. The van der Waals surface area contributed by atoms with Crippen molar-refractivity contribution in [2.45, 2.75) is 12.1 Å². The molecule has 0 N–H and O–H groups in total. The third-order valence-electron chi connectivity index (χ3n) is 3.70. The predicted octanol–water partition coefficient (Wildman–Crippen LogP) is 4.25. The summed E-state index contributed by atoms with van der Waals surface area (Å²) >= 11 is 7.61. The van der Waals surface area contributed by atoms with E-state index < -0.39 is 0 Å². The van der Waals surface area contributed by atoms with E-state index in [1.807, 2.05) is 54.0 Å². The Morgan fingerprint density at radius 1 is 1.15 bits per heavy atom. The normalized spacial score (nSPS) is 10.6. The average Bonchev–Trinajstić information content (AvgIpc) is 3.11. The molecule has 0 radical (unpaired) electrons. The Bertz CT molecular complexity index is 928. The molecule has 27 heavy (non-hydrogen) atoms. The van der Waals surface area contributed by atoms with Crippen LogP contribution in [0.2, 0.25) is 5.02 Å². The molecule has 3 rings (SSSR count). The van der Waals surface area contributed by atoms with Crippen LogP contribution in [0.5, 0.6) is 5.75 Å². The maximum absolute atomic E-state index is 11.5. The van der Waals surface area contributed by atoms with Gasteiger partial charge in [-0.1, -0.05) is 35.5 Å². The third kappa shape index (κ3) is 4.43. The highest BCUT2D eigenvalue weighted by Gasteiger charge is 2.19. The summed E-state index contributed by atoms with van der Waals surface area (Å²) in [5.41, 5.74) is 1.59. The number of rotatable bonds is 7. The number of methoxy groups -OCH3 is 1. The molecule has 6 nitrogen and oxygen atoms in total. The summed E-state index contributed by atoms with van der Waals surface area (Å²) < 4.78 is 12.1. The van der Waals surface area contributed by atoms with Crippen LogP contribution in [0.25, 0.3) is 17.1 Å². The van der Waals surface area contributed by atoms with E-state index in [1.54, 1.807) is 6.07 Å². The molecule has 2 aromatic carbocycles. The number of thioether (sulfide) groups is 1. The van der Waals surface area contributed by atoms with Crippen molar-refractivity contribution in [1.82, 2.24) is 14.8 Å². The fraction of sp³-hybridized carbons (Fsp3) is 0.211. The van der Waals surface area contributed by atoms with Crippen LogP contribution in [-0.4, -0.2) is 40.2 Å². The van der Waals surface area contributed by atoms with Gasteiger partial charge in [0.05, 0.1) is 24.5 Å². The van der Waals surface area contributed by atoms with E-state index in [9.17, 15) is 4.79 Å². The zero-order valence-electron chi connectivity index (χ0n) is 14.9. The summed E-state index contributed by atoms with van der Waals surface area (Å²) in [6.45, 7) is 2.53. The van der Waals surface area contributed by atoms with E-state index in [4.69, 9.17) is 21.1 Å². The van der Waals surface area contributed by atoms with E-state index in [-0.39, 0.29) is 11.7 Å². The number of aromatic nitrogens is 3. The lowest BCUT2D eigenvalue weighted by Gasteiger charge is -2.12. The largest absolute Gasteiger partial charge is 0.494 e. The van der Waals surface area contributed by atoms with Crippen LogP contribution < -0.4 is 4.74 Å². The summed E-state index contributed by atoms with van der Waals surface area (Å²) in [6, 6.07) is 15.0. The second-order valence-electron chi connectivity index (χ2n) is 5.41. The van der Waals surface area contributed by atoms with Gasteiger partial charge < -0.3 is 9.47 Å². The van der Waals surface area contributed by atoms with Gasteiger partial charge in [0.15, 0.2) is 11.0 Å². The average molecular weight is 404 g/mol. The highest BCUT2D eigenvalue weighted by atomic mass is 35.5. The van der Waals surface area contributed by atoms with Gasteiger partial charge in [0.2, 0.25) is 0 Å². The first-order valence-corrected chi connectivity index (χ1v) is 9.63. The van der Waals surface area contributed by atoms with Crippen LogP contribution in [0.4, 0.5) is 0 Å². The molecule has 0 aliphatic carbocycles. The lowest BCUT2D eigenvalue weighted by atomic mass is 10.2. The predicted molar refractivity (Wildman–Crippen MR) is 106 cm³/mol. The smallest absolute Gasteiger partial charge is 0.316 e. The Hall–Kier alpha value is -2.51. The molecule has 8 heteroatoms. The number of carbonyl (C=O) groups excluding carboxylic acids is 1. The molecule has 0 saturated heterocycles. The van der Waals surface area contributed by atoms with Gasteiger partial charge in [-0.2, -0.15) is 0 Å². The van der Waals surface area contributed by atoms with Crippen molar-refractivity contribution in [3.8, 4) is 22.8 Å². The first-order valence-electron chi connectivity index (χ1n) is 8.27. The Morgan fingerprint density at radius 3 is 2.56 bits per heavy atom. The SMILES string of the molecule is CCOc1ccc(-n2c(SCC(=O)OC)nnc2-c2ccccc2Cl)cc1. The zero-order valence-corrected chi connectivity index (χ0v) is 16.5. The van der Waals surface area contributed by atoms with Gasteiger partial charge in [-0.05, 0) is 43.3 Å². The molecule has 1 heterocycles. The standard InChI is InChI=1S/C19H18ClN3O3S/c1-3-26-14-10-8-13(9-11-14)23-18(15-6-4-5-7-16(15)20)21-22-19(23)27-12-17(24)25-2/h4-11H,3,12H2,1-2H3. The van der Waals surface area contributed by atoms with Gasteiger partial charge in [0, 0.05) is 11.3 Å². The topological polar surface area (TPSA) is 66.2 Å². The number of halogens is 1.